The van der Waals surface area contributed by atoms with Gasteiger partial charge in [0.15, 0.2) is 4.80 Å². The quantitative estimate of drug-likeness (QED) is 0.306. The molecule has 11 heteroatoms. The Kier molecular flexibility index (Phi) is 8.72. The topological polar surface area (TPSA) is 89.8 Å². The van der Waals surface area contributed by atoms with Gasteiger partial charge in [0.1, 0.15) is 5.00 Å². The van der Waals surface area contributed by atoms with Crippen molar-refractivity contribution in [2.75, 3.05) is 23.9 Å². The summed E-state index contributed by atoms with van der Waals surface area (Å²) in [5.41, 5.74) is 2.36. The van der Waals surface area contributed by atoms with Crippen molar-refractivity contribution in [1.82, 2.24) is 4.57 Å². The highest BCUT2D eigenvalue weighted by atomic mass is 79.9. The normalized spacial score (nSPS) is 15.4. The summed E-state index contributed by atoms with van der Waals surface area (Å²) in [6.07, 6.45) is 8.20. The van der Waals surface area contributed by atoms with E-state index in [0.29, 0.717) is 27.8 Å². The summed E-state index contributed by atoms with van der Waals surface area (Å²) >= 11 is 7.46. The molecular weight excluding hydrogens is 582 g/mol. The van der Waals surface area contributed by atoms with Gasteiger partial charge in [0.25, 0.3) is 5.91 Å². The average molecular weight is 607 g/mol. The Hall–Kier alpha value is -2.39. The molecule has 2 aromatic heterocycles. The first kappa shape index (κ1) is 26.7. The molecule has 3 aromatic rings. The van der Waals surface area contributed by atoms with E-state index in [1.54, 1.807) is 0 Å². The zero-order valence-electron chi connectivity index (χ0n) is 19.8. The third-order valence-electron chi connectivity index (χ3n) is 5.73. The van der Waals surface area contributed by atoms with Crippen LogP contribution in [0, 0.1) is 18.3 Å². The second kappa shape index (κ2) is 11.8. The number of esters is 1. The number of nitrogens with zero attached hydrogens (tertiary/aromatic N) is 2. The number of anilines is 1. The number of methoxy groups -OCH3 is 1. The van der Waals surface area contributed by atoms with Gasteiger partial charge in [0.2, 0.25) is 5.91 Å². The van der Waals surface area contributed by atoms with Gasteiger partial charge >= 0.3 is 5.97 Å². The van der Waals surface area contributed by atoms with E-state index in [2.05, 4.69) is 39.1 Å². The Bertz CT molecular complexity index is 1450. The molecule has 1 aliphatic carbocycles. The minimum absolute atomic E-state index is 0.0454. The molecule has 0 aliphatic heterocycles. The molecular formula is C25H24BrN3O4S3. The Balaban J connectivity index is 1.42. The fourth-order valence-electron chi connectivity index (χ4n) is 4.07. The number of carbonyl (C=O) groups excluding carboxylic acids is 3. The molecule has 0 saturated heterocycles. The lowest BCUT2D eigenvalue weighted by molar-refractivity contribution is -0.115. The van der Waals surface area contributed by atoms with Gasteiger partial charge in [-0.15, -0.1) is 29.5 Å². The summed E-state index contributed by atoms with van der Waals surface area (Å²) in [6, 6.07) is 5.81. The maximum Gasteiger partial charge on any atom is 0.341 e. The number of benzene rings is 1. The summed E-state index contributed by atoms with van der Waals surface area (Å²) in [7, 11) is 1.34. The maximum absolute atomic E-state index is 12.6. The molecule has 1 aromatic carbocycles. The van der Waals surface area contributed by atoms with Crippen molar-refractivity contribution in [2.24, 2.45) is 10.9 Å². The Morgan fingerprint density at radius 2 is 2.14 bits per heavy atom. The monoisotopic (exact) mass is 605 g/mol. The van der Waals surface area contributed by atoms with Crippen molar-refractivity contribution in [3.8, 4) is 12.3 Å². The van der Waals surface area contributed by atoms with Crippen LogP contribution in [-0.4, -0.2) is 41.0 Å². The van der Waals surface area contributed by atoms with Gasteiger partial charge in [-0.1, -0.05) is 40.1 Å². The maximum atomic E-state index is 12.6. The number of terminal acetylenes is 1. The van der Waals surface area contributed by atoms with E-state index in [0.717, 1.165) is 44.4 Å². The first-order valence-corrected chi connectivity index (χ1v) is 14.8. The molecule has 0 saturated carbocycles. The number of carbonyl (C=O) groups is 3. The minimum atomic E-state index is -0.436. The van der Waals surface area contributed by atoms with Gasteiger partial charge in [-0.2, -0.15) is 4.99 Å². The van der Waals surface area contributed by atoms with E-state index in [-0.39, 0.29) is 23.3 Å². The molecule has 36 heavy (non-hydrogen) atoms. The number of thiazole rings is 1. The zero-order chi connectivity index (χ0) is 25.8. The first-order chi connectivity index (χ1) is 17.3. The van der Waals surface area contributed by atoms with E-state index >= 15 is 0 Å². The molecule has 4 rings (SSSR count). The lowest BCUT2D eigenvalue weighted by Crippen LogP contribution is -2.19. The number of amides is 2. The number of hydrogen-bond donors (Lipinski definition) is 1. The van der Waals surface area contributed by atoms with Crippen molar-refractivity contribution < 1.29 is 19.1 Å². The highest BCUT2D eigenvalue weighted by molar-refractivity contribution is 9.10. The van der Waals surface area contributed by atoms with Crippen molar-refractivity contribution in [2.45, 2.75) is 32.7 Å². The lowest BCUT2D eigenvalue weighted by Gasteiger charge is -2.18. The molecule has 188 valence electrons. The number of aromatic nitrogens is 1. The van der Waals surface area contributed by atoms with Crippen LogP contribution in [-0.2, 0) is 33.7 Å². The number of rotatable bonds is 7. The van der Waals surface area contributed by atoms with E-state index in [9.17, 15) is 14.4 Å². The van der Waals surface area contributed by atoms with Crippen molar-refractivity contribution in [3.05, 3.63) is 43.5 Å². The summed E-state index contributed by atoms with van der Waals surface area (Å²) in [6.45, 7) is 2.48. The van der Waals surface area contributed by atoms with Crippen LogP contribution in [0.1, 0.15) is 34.1 Å². The summed E-state index contributed by atoms with van der Waals surface area (Å²) in [4.78, 5) is 43.5. The smallest absolute Gasteiger partial charge is 0.341 e. The highest BCUT2D eigenvalue weighted by Gasteiger charge is 2.28. The molecule has 1 atom stereocenters. The molecule has 1 aliphatic rings. The van der Waals surface area contributed by atoms with Crippen molar-refractivity contribution in [1.29, 1.82) is 0 Å². The van der Waals surface area contributed by atoms with Gasteiger partial charge in [-0.25, -0.2) is 4.79 Å². The van der Waals surface area contributed by atoms with Crippen LogP contribution in [0.4, 0.5) is 5.00 Å². The van der Waals surface area contributed by atoms with Gasteiger partial charge in [-0.05, 0) is 48.9 Å². The zero-order valence-corrected chi connectivity index (χ0v) is 23.8. The summed E-state index contributed by atoms with van der Waals surface area (Å²) in [5, 5.41) is 3.38. The lowest BCUT2D eigenvalue weighted by atomic mass is 9.88. The molecule has 0 bridgehead atoms. The van der Waals surface area contributed by atoms with E-state index in [1.165, 1.54) is 41.5 Å². The van der Waals surface area contributed by atoms with Crippen LogP contribution in [0.15, 0.2) is 27.7 Å². The number of halogens is 1. The van der Waals surface area contributed by atoms with Crippen LogP contribution < -0.4 is 10.1 Å². The largest absolute Gasteiger partial charge is 0.465 e. The van der Waals surface area contributed by atoms with Crippen molar-refractivity contribution in [3.63, 3.8) is 0 Å². The van der Waals surface area contributed by atoms with Crippen LogP contribution in [0.3, 0.4) is 0 Å². The Labute approximate surface area is 229 Å². The average Bonchev–Trinajstić information content (AvgIpc) is 3.35. The van der Waals surface area contributed by atoms with Gasteiger partial charge in [0.05, 0.1) is 40.9 Å². The molecule has 0 fully saturated rings. The first-order valence-electron chi connectivity index (χ1n) is 11.2. The number of nitrogens with one attached hydrogen (secondary N) is 1. The molecule has 0 spiro atoms. The van der Waals surface area contributed by atoms with E-state index in [4.69, 9.17) is 11.2 Å². The number of thiophene rings is 1. The van der Waals surface area contributed by atoms with Crippen LogP contribution in [0.2, 0.25) is 0 Å². The Morgan fingerprint density at radius 1 is 1.33 bits per heavy atom. The third-order valence-corrected chi connectivity index (χ3v) is 9.35. The minimum Gasteiger partial charge on any atom is -0.465 e. The predicted molar refractivity (Wildman–Crippen MR) is 150 cm³/mol. The van der Waals surface area contributed by atoms with Gasteiger partial charge < -0.3 is 14.6 Å². The number of hydrogen-bond acceptors (Lipinski definition) is 7. The molecule has 2 heterocycles. The fraction of sp³-hybridized carbons (Fsp3) is 0.360. The molecule has 0 radical (unpaired) electrons. The Morgan fingerprint density at radius 3 is 2.89 bits per heavy atom. The second-order valence-corrected chi connectivity index (χ2v) is 12.4. The predicted octanol–water partition coefficient (Wildman–Crippen LogP) is 4.87. The number of thioether (sulfide) groups is 1. The van der Waals surface area contributed by atoms with E-state index < -0.39 is 5.97 Å². The standard InChI is InChI=1S/C25H24BrN3O4S3/c1-4-9-29-17-8-6-15(26)11-19(17)36-25(29)28-21(31)13-34-12-20(30)27-23-22(24(32)33-3)16-7-5-14(2)10-18(16)35-23/h1,6,8,11,14H,5,7,9-10,12-13H2,2-3H3,(H,27,30). The van der Waals surface area contributed by atoms with Gasteiger partial charge in [0, 0.05) is 9.35 Å². The van der Waals surface area contributed by atoms with Gasteiger partial charge in [-0.3, -0.25) is 9.59 Å². The number of ether oxygens (including phenoxy) is 1. The highest BCUT2D eigenvalue weighted by Crippen LogP contribution is 2.40. The number of fused-ring (bicyclic) bond motifs is 2. The van der Waals surface area contributed by atoms with Crippen LogP contribution in [0.25, 0.3) is 10.2 Å². The molecule has 7 nitrogen and oxygen atoms in total. The summed E-state index contributed by atoms with van der Waals surface area (Å²) in [5.74, 6) is 2.19. The second-order valence-electron chi connectivity index (χ2n) is 8.38. The SMILES string of the molecule is C#CCn1c(=NC(=O)CSCC(=O)Nc2sc3c(c2C(=O)OC)CCC(C)C3)sc2cc(Br)ccc21. The third kappa shape index (κ3) is 5.94. The van der Waals surface area contributed by atoms with E-state index in [1.807, 2.05) is 22.8 Å². The van der Waals surface area contributed by atoms with Crippen LogP contribution >= 0.6 is 50.4 Å². The van der Waals surface area contributed by atoms with Crippen LogP contribution in [0.5, 0.6) is 0 Å². The van der Waals surface area contributed by atoms with Crippen molar-refractivity contribution >= 4 is 83.4 Å². The molecule has 2 amide bonds. The summed E-state index contributed by atoms with van der Waals surface area (Å²) < 4.78 is 8.70. The molecule has 1 N–H and O–H groups in total. The molecule has 1 unspecified atom stereocenters. The fourth-order valence-corrected chi connectivity index (χ4v) is 7.68.